The highest BCUT2D eigenvalue weighted by molar-refractivity contribution is 7.67. The van der Waals surface area contributed by atoms with Crippen LogP contribution in [0.5, 0.6) is 0 Å². The highest BCUT2D eigenvalue weighted by atomic mass is 32.2. The van der Waals surface area contributed by atoms with E-state index in [1.165, 1.54) is 0 Å². The Morgan fingerprint density at radius 1 is 1.47 bits per heavy atom. The van der Waals surface area contributed by atoms with Crippen molar-refractivity contribution < 1.29 is 17.4 Å². The molecule has 0 amide bonds. The van der Waals surface area contributed by atoms with Gasteiger partial charge in [-0.05, 0) is 24.2 Å². The average molecular weight is 232 g/mol. The molecule has 0 aromatic heterocycles. The van der Waals surface area contributed by atoms with Gasteiger partial charge < -0.3 is 0 Å². The molecule has 15 heavy (non-hydrogen) atoms. The summed E-state index contributed by atoms with van der Waals surface area (Å²) in [5.74, 6) is 0.582. The predicted molar refractivity (Wildman–Crippen MR) is 54.8 cm³/mol. The number of hydrogen-bond acceptors (Lipinski definition) is 4. The lowest BCUT2D eigenvalue weighted by Crippen LogP contribution is -2.40. The summed E-state index contributed by atoms with van der Waals surface area (Å²) in [6.07, 6.45) is 2.37. The molecule has 0 radical (unpaired) electrons. The minimum absolute atomic E-state index is 0.0358. The highest BCUT2D eigenvalue weighted by Crippen LogP contribution is 2.63. The van der Waals surface area contributed by atoms with Gasteiger partial charge in [-0.15, -0.1) is 0 Å². The van der Waals surface area contributed by atoms with E-state index in [0.29, 0.717) is 12.3 Å². The lowest BCUT2D eigenvalue weighted by molar-refractivity contribution is -0.131. The zero-order valence-electron chi connectivity index (χ0n) is 8.99. The Balaban J connectivity index is 2.27. The van der Waals surface area contributed by atoms with Crippen LogP contribution in [0.1, 0.15) is 33.1 Å². The van der Waals surface area contributed by atoms with Crippen LogP contribution < -0.4 is 0 Å². The maximum atomic E-state index is 11.9. The molecule has 0 saturated heterocycles. The van der Waals surface area contributed by atoms with Crippen molar-refractivity contribution in [2.24, 2.45) is 16.7 Å². The Morgan fingerprint density at radius 3 is 2.53 bits per heavy atom. The van der Waals surface area contributed by atoms with E-state index < -0.39 is 16.4 Å². The largest absolute Gasteiger partial charge is 0.299 e. The van der Waals surface area contributed by atoms with Crippen LogP contribution in [0.15, 0.2) is 0 Å². The summed E-state index contributed by atoms with van der Waals surface area (Å²) in [5.41, 5.74) is -0.664. The van der Waals surface area contributed by atoms with Crippen LogP contribution in [-0.2, 0) is 20.0 Å². The van der Waals surface area contributed by atoms with Crippen molar-refractivity contribution in [3.63, 3.8) is 0 Å². The molecule has 2 fully saturated rings. The maximum Gasteiger partial charge on any atom is 0.257 e. The molecule has 2 rings (SSSR count). The SMILES string of the molecule is CC1(C)C2CCC1(CO[SH](=O)=O)C(=O)C2. The summed E-state index contributed by atoms with van der Waals surface area (Å²) in [4.78, 5) is 11.9. The van der Waals surface area contributed by atoms with E-state index >= 15 is 0 Å². The summed E-state index contributed by atoms with van der Waals surface area (Å²) in [6, 6.07) is 0. The number of hydrogen-bond donors (Lipinski definition) is 1. The molecule has 2 aliphatic carbocycles. The van der Waals surface area contributed by atoms with Crippen LogP contribution in [-0.4, -0.2) is 20.8 Å². The fourth-order valence-electron chi connectivity index (χ4n) is 3.27. The molecule has 2 unspecified atom stereocenters. The first-order valence-electron chi connectivity index (χ1n) is 5.21. The monoisotopic (exact) mass is 232 g/mol. The van der Waals surface area contributed by atoms with Gasteiger partial charge in [0.05, 0.1) is 12.0 Å². The molecule has 0 N–H and O–H groups in total. The van der Waals surface area contributed by atoms with Gasteiger partial charge in [-0.3, -0.25) is 8.98 Å². The lowest BCUT2D eigenvalue weighted by Gasteiger charge is -2.35. The highest BCUT2D eigenvalue weighted by Gasteiger charge is 2.64. The second-order valence-corrected chi connectivity index (χ2v) is 5.87. The molecule has 86 valence electrons. The van der Waals surface area contributed by atoms with Gasteiger partial charge in [0.25, 0.3) is 11.0 Å². The van der Waals surface area contributed by atoms with Crippen molar-refractivity contribution in [2.45, 2.75) is 33.1 Å². The maximum absolute atomic E-state index is 11.9. The molecule has 2 saturated carbocycles. The lowest BCUT2D eigenvalue weighted by atomic mass is 9.69. The second kappa shape index (κ2) is 3.28. The Bertz CT molecular complexity index is 364. The third-order valence-corrected chi connectivity index (χ3v) is 4.90. The number of fused-ring (bicyclic) bond motifs is 2. The van der Waals surface area contributed by atoms with E-state index in [9.17, 15) is 13.2 Å². The third-order valence-electron chi connectivity index (χ3n) is 4.56. The fraction of sp³-hybridized carbons (Fsp3) is 0.900. The van der Waals surface area contributed by atoms with Crippen LogP contribution in [0.3, 0.4) is 0 Å². The fourth-order valence-corrected chi connectivity index (χ4v) is 3.60. The number of ketones is 1. The quantitative estimate of drug-likeness (QED) is 0.735. The molecule has 0 aromatic carbocycles. The van der Waals surface area contributed by atoms with E-state index in [0.717, 1.165) is 12.8 Å². The van der Waals surface area contributed by atoms with Gasteiger partial charge in [-0.1, -0.05) is 13.8 Å². The predicted octanol–water partition coefficient (Wildman–Crippen LogP) is 0.925. The summed E-state index contributed by atoms with van der Waals surface area (Å²) in [5, 5.41) is 0. The first-order valence-corrected chi connectivity index (χ1v) is 6.30. The van der Waals surface area contributed by atoms with Crippen LogP contribution in [0.4, 0.5) is 0 Å². The normalized spacial score (nSPS) is 37.8. The van der Waals surface area contributed by atoms with E-state index in [1.807, 2.05) is 0 Å². The van der Waals surface area contributed by atoms with Gasteiger partial charge >= 0.3 is 0 Å². The van der Waals surface area contributed by atoms with Crippen molar-refractivity contribution in [1.82, 2.24) is 0 Å². The number of carbonyl (C=O) groups excluding carboxylic acids is 1. The minimum Gasteiger partial charge on any atom is -0.299 e. The third kappa shape index (κ3) is 1.36. The van der Waals surface area contributed by atoms with E-state index in [2.05, 4.69) is 18.0 Å². The van der Waals surface area contributed by atoms with Crippen LogP contribution in [0, 0.1) is 16.7 Å². The van der Waals surface area contributed by atoms with Gasteiger partial charge in [0.1, 0.15) is 5.78 Å². The van der Waals surface area contributed by atoms with Gasteiger partial charge in [0, 0.05) is 6.42 Å². The van der Waals surface area contributed by atoms with Crippen molar-refractivity contribution in [1.29, 1.82) is 0 Å². The Labute approximate surface area is 91.2 Å². The number of Topliss-reactive ketones (excluding diaryl/α,β-unsaturated/α-hetero) is 1. The topological polar surface area (TPSA) is 60.4 Å². The van der Waals surface area contributed by atoms with Crippen molar-refractivity contribution in [3.05, 3.63) is 0 Å². The smallest absolute Gasteiger partial charge is 0.257 e. The van der Waals surface area contributed by atoms with Gasteiger partial charge in [-0.2, -0.15) is 0 Å². The van der Waals surface area contributed by atoms with E-state index in [1.54, 1.807) is 0 Å². The minimum atomic E-state index is -2.85. The number of carbonyl (C=O) groups is 1. The van der Waals surface area contributed by atoms with Crippen molar-refractivity contribution in [3.8, 4) is 0 Å². The molecule has 2 aliphatic rings. The van der Waals surface area contributed by atoms with Crippen LogP contribution in [0.2, 0.25) is 0 Å². The molecule has 4 nitrogen and oxygen atoms in total. The zero-order valence-corrected chi connectivity index (χ0v) is 9.88. The standard InChI is InChI=1S/C10H16O4S/c1-9(2)7-3-4-10(9,8(11)5-7)6-14-15(12)13/h7,15H,3-6H2,1-2H3. The molecule has 5 heteroatoms. The number of thiol groups is 1. The molecular formula is C10H16O4S. The Hall–Kier alpha value is -0.420. The molecular weight excluding hydrogens is 216 g/mol. The van der Waals surface area contributed by atoms with E-state index in [-0.39, 0.29) is 17.8 Å². The molecule has 0 aliphatic heterocycles. The summed E-state index contributed by atoms with van der Waals surface area (Å²) in [7, 11) is -2.85. The van der Waals surface area contributed by atoms with E-state index in [4.69, 9.17) is 0 Å². The van der Waals surface area contributed by atoms with Crippen LogP contribution in [0.25, 0.3) is 0 Å². The molecule has 2 bridgehead atoms. The number of rotatable bonds is 3. The Morgan fingerprint density at radius 2 is 2.13 bits per heavy atom. The summed E-state index contributed by atoms with van der Waals surface area (Å²) >= 11 is 0. The summed E-state index contributed by atoms with van der Waals surface area (Å²) < 4.78 is 25.6. The van der Waals surface area contributed by atoms with Gasteiger partial charge in [0.15, 0.2) is 0 Å². The molecule has 0 aromatic rings. The van der Waals surface area contributed by atoms with Crippen molar-refractivity contribution in [2.75, 3.05) is 6.61 Å². The first-order chi connectivity index (χ1) is 6.90. The summed E-state index contributed by atoms with van der Waals surface area (Å²) in [6.45, 7) is 4.14. The first kappa shape index (κ1) is 11.1. The van der Waals surface area contributed by atoms with Crippen LogP contribution >= 0.6 is 0 Å². The van der Waals surface area contributed by atoms with Gasteiger partial charge in [-0.25, -0.2) is 8.42 Å². The molecule has 2 atom stereocenters. The average Bonchev–Trinajstić information content (AvgIpc) is 2.47. The Kier molecular flexibility index (Phi) is 2.43. The zero-order chi connectivity index (χ0) is 11.3. The molecule has 0 heterocycles. The second-order valence-electron chi connectivity index (χ2n) is 5.16. The molecule has 0 spiro atoms. The van der Waals surface area contributed by atoms with Crippen molar-refractivity contribution >= 4 is 16.8 Å². The van der Waals surface area contributed by atoms with Gasteiger partial charge in [0.2, 0.25) is 0 Å².